The summed E-state index contributed by atoms with van der Waals surface area (Å²) >= 11 is 0. The Morgan fingerprint density at radius 2 is 2.08 bits per heavy atom. The molecular weight excluding hydrogens is 330 g/mol. The molecule has 2 rings (SSSR count). The predicted molar refractivity (Wildman–Crippen MR) is 88.9 cm³/mol. The highest BCUT2D eigenvalue weighted by Gasteiger charge is 2.37. The minimum atomic E-state index is -3.21. The van der Waals surface area contributed by atoms with Gasteiger partial charge in [-0.3, -0.25) is 4.79 Å². The lowest BCUT2D eigenvalue weighted by Crippen LogP contribution is -2.53. The van der Waals surface area contributed by atoms with E-state index in [2.05, 4.69) is 5.32 Å². The van der Waals surface area contributed by atoms with Gasteiger partial charge in [0, 0.05) is 32.3 Å². The second-order valence-corrected chi connectivity index (χ2v) is 7.91. The van der Waals surface area contributed by atoms with E-state index in [-0.39, 0.29) is 12.5 Å². The van der Waals surface area contributed by atoms with Crippen molar-refractivity contribution in [3.63, 3.8) is 0 Å². The van der Waals surface area contributed by atoms with E-state index in [0.29, 0.717) is 37.1 Å². The van der Waals surface area contributed by atoms with Crippen LogP contribution in [0.5, 0.6) is 0 Å². The van der Waals surface area contributed by atoms with Gasteiger partial charge in [-0.1, -0.05) is 6.07 Å². The fraction of sp³-hybridized carbons (Fsp3) is 0.500. The zero-order chi connectivity index (χ0) is 17.8. The SMILES string of the molecule is COC1(CNC(=O)c2cccc(C#N)c2)CCN(S(C)(=O)=O)CC1. The Kier molecular flexibility index (Phi) is 5.59. The van der Waals surface area contributed by atoms with Crippen LogP contribution in [0.1, 0.15) is 28.8 Å². The van der Waals surface area contributed by atoms with Crippen LogP contribution in [0.25, 0.3) is 0 Å². The topological polar surface area (TPSA) is 99.5 Å². The molecule has 1 saturated heterocycles. The highest BCUT2D eigenvalue weighted by atomic mass is 32.2. The van der Waals surface area contributed by atoms with Gasteiger partial charge in [-0.05, 0) is 31.0 Å². The van der Waals surface area contributed by atoms with Gasteiger partial charge in [-0.2, -0.15) is 5.26 Å². The lowest BCUT2D eigenvalue weighted by Gasteiger charge is -2.39. The van der Waals surface area contributed by atoms with Crippen molar-refractivity contribution < 1.29 is 17.9 Å². The van der Waals surface area contributed by atoms with E-state index >= 15 is 0 Å². The number of rotatable bonds is 5. The number of nitriles is 1. The Bertz CT molecular complexity index is 747. The maximum absolute atomic E-state index is 12.3. The van der Waals surface area contributed by atoms with Gasteiger partial charge in [0.15, 0.2) is 0 Å². The first-order valence-electron chi connectivity index (χ1n) is 7.58. The molecule has 0 bridgehead atoms. The summed E-state index contributed by atoms with van der Waals surface area (Å²) in [6, 6.07) is 8.46. The number of nitrogens with one attached hydrogen (secondary N) is 1. The number of sulfonamides is 1. The highest BCUT2D eigenvalue weighted by Crippen LogP contribution is 2.26. The number of ether oxygens (including phenoxy) is 1. The fourth-order valence-electron chi connectivity index (χ4n) is 2.75. The predicted octanol–water partition coefficient (Wildman–Crippen LogP) is 0.729. The molecule has 8 heteroatoms. The third-order valence-corrected chi connectivity index (χ3v) is 5.66. The van der Waals surface area contributed by atoms with E-state index in [9.17, 15) is 13.2 Å². The van der Waals surface area contributed by atoms with Crippen molar-refractivity contribution in [2.45, 2.75) is 18.4 Å². The van der Waals surface area contributed by atoms with Crippen LogP contribution in [-0.2, 0) is 14.8 Å². The summed E-state index contributed by atoms with van der Waals surface area (Å²) in [5.74, 6) is -0.283. The van der Waals surface area contributed by atoms with E-state index in [0.717, 1.165) is 0 Å². The average molecular weight is 351 g/mol. The zero-order valence-corrected chi connectivity index (χ0v) is 14.6. The number of nitrogens with zero attached hydrogens (tertiary/aromatic N) is 2. The summed E-state index contributed by atoms with van der Waals surface area (Å²) < 4.78 is 30.2. The number of hydrogen-bond acceptors (Lipinski definition) is 5. The second-order valence-electron chi connectivity index (χ2n) is 5.92. The Morgan fingerprint density at radius 3 is 2.62 bits per heavy atom. The normalized spacial score (nSPS) is 17.9. The summed E-state index contributed by atoms with van der Waals surface area (Å²) in [5, 5.41) is 11.7. The summed E-state index contributed by atoms with van der Waals surface area (Å²) in [4.78, 5) is 12.3. The molecule has 0 aliphatic carbocycles. The quantitative estimate of drug-likeness (QED) is 0.843. The number of amides is 1. The summed E-state index contributed by atoms with van der Waals surface area (Å²) in [7, 11) is -1.64. The molecule has 0 unspecified atom stereocenters. The molecule has 1 amide bonds. The molecule has 0 aromatic heterocycles. The number of carbonyl (C=O) groups excluding carboxylic acids is 1. The molecule has 7 nitrogen and oxygen atoms in total. The molecule has 1 aromatic rings. The Morgan fingerprint density at radius 1 is 1.42 bits per heavy atom. The highest BCUT2D eigenvalue weighted by molar-refractivity contribution is 7.88. The van der Waals surface area contributed by atoms with Gasteiger partial charge >= 0.3 is 0 Å². The van der Waals surface area contributed by atoms with E-state index in [1.54, 1.807) is 25.3 Å². The molecule has 130 valence electrons. The minimum absolute atomic E-state index is 0.283. The Labute approximate surface area is 142 Å². The molecule has 0 spiro atoms. The van der Waals surface area contributed by atoms with Gasteiger partial charge in [-0.15, -0.1) is 0 Å². The third-order valence-electron chi connectivity index (χ3n) is 4.36. The summed E-state index contributed by atoms with van der Waals surface area (Å²) in [5.41, 5.74) is 0.253. The molecule has 0 radical (unpaired) electrons. The first-order valence-corrected chi connectivity index (χ1v) is 9.43. The lowest BCUT2D eigenvalue weighted by atomic mass is 9.92. The van der Waals surface area contributed by atoms with Crippen LogP contribution in [0.3, 0.4) is 0 Å². The molecule has 1 aliphatic heterocycles. The van der Waals surface area contributed by atoms with E-state index in [1.165, 1.54) is 16.6 Å². The molecule has 1 N–H and O–H groups in total. The zero-order valence-electron chi connectivity index (χ0n) is 13.8. The van der Waals surface area contributed by atoms with Crippen molar-refractivity contribution in [2.75, 3.05) is 33.0 Å². The molecule has 24 heavy (non-hydrogen) atoms. The molecular formula is C16H21N3O4S. The maximum atomic E-state index is 12.3. The van der Waals surface area contributed by atoms with Crippen LogP contribution >= 0.6 is 0 Å². The van der Waals surface area contributed by atoms with Crippen molar-refractivity contribution >= 4 is 15.9 Å². The molecule has 1 fully saturated rings. The maximum Gasteiger partial charge on any atom is 0.251 e. The van der Waals surface area contributed by atoms with Crippen molar-refractivity contribution in [3.05, 3.63) is 35.4 Å². The van der Waals surface area contributed by atoms with Crippen molar-refractivity contribution in [3.8, 4) is 6.07 Å². The van der Waals surface area contributed by atoms with Gasteiger partial charge in [0.2, 0.25) is 10.0 Å². The second kappa shape index (κ2) is 7.30. The standard InChI is InChI=1S/C16H21N3O4S/c1-23-16(6-8-19(9-7-16)24(2,21)22)12-18-15(20)14-5-3-4-13(10-14)11-17/h3-5,10H,6-9,12H2,1-2H3,(H,18,20). The largest absolute Gasteiger partial charge is 0.376 e. The van der Waals surface area contributed by atoms with Crippen molar-refractivity contribution in [1.29, 1.82) is 5.26 Å². The van der Waals surface area contributed by atoms with Crippen LogP contribution in [0.4, 0.5) is 0 Å². The average Bonchev–Trinajstić information content (AvgIpc) is 2.59. The number of carbonyl (C=O) groups is 1. The lowest BCUT2D eigenvalue weighted by molar-refractivity contribution is -0.0424. The van der Waals surface area contributed by atoms with Crippen LogP contribution in [0, 0.1) is 11.3 Å². The molecule has 1 heterocycles. The number of benzene rings is 1. The number of hydrogen-bond donors (Lipinski definition) is 1. The van der Waals surface area contributed by atoms with Gasteiger partial charge < -0.3 is 10.1 Å². The molecule has 1 aliphatic rings. The van der Waals surface area contributed by atoms with Crippen LogP contribution in [0.15, 0.2) is 24.3 Å². The van der Waals surface area contributed by atoms with E-state index in [1.807, 2.05) is 6.07 Å². The first kappa shape index (κ1) is 18.4. The monoisotopic (exact) mass is 351 g/mol. The minimum Gasteiger partial charge on any atom is -0.376 e. The molecule has 0 saturated carbocycles. The van der Waals surface area contributed by atoms with Crippen LogP contribution < -0.4 is 5.32 Å². The van der Waals surface area contributed by atoms with E-state index < -0.39 is 15.6 Å². The Hall–Kier alpha value is -1.95. The van der Waals surface area contributed by atoms with Gasteiger partial charge in [-0.25, -0.2) is 12.7 Å². The fourth-order valence-corrected chi connectivity index (χ4v) is 3.60. The number of methoxy groups -OCH3 is 1. The van der Waals surface area contributed by atoms with Gasteiger partial charge in [0.25, 0.3) is 5.91 Å². The molecule has 1 aromatic carbocycles. The summed E-state index contributed by atoms with van der Waals surface area (Å²) in [6.45, 7) is 1.02. The van der Waals surface area contributed by atoms with Crippen LogP contribution in [0.2, 0.25) is 0 Å². The first-order chi connectivity index (χ1) is 11.3. The van der Waals surface area contributed by atoms with Crippen molar-refractivity contribution in [2.24, 2.45) is 0 Å². The Balaban J connectivity index is 1.99. The van der Waals surface area contributed by atoms with Crippen LogP contribution in [-0.4, -0.2) is 57.2 Å². The summed E-state index contributed by atoms with van der Waals surface area (Å²) in [6.07, 6.45) is 2.21. The third kappa shape index (κ3) is 4.32. The number of piperidine rings is 1. The van der Waals surface area contributed by atoms with E-state index in [4.69, 9.17) is 10.00 Å². The smallest absolute Gasteiger partial charge is 0.251 e. The van der Waals surface area contributed by atoms with Crippen molar-refractivity contribution in [1.82, 2.24) is 9.62 Å². The van der Waals surface area contributed by atoms with Gasteiger partial charge in [0.1, 0.15) is 0 Å². The van der Waals surface area contributed by atoms with Gasteiger partial charge in [0.05, 0.1) is 23.5 Å². The molecule has 0 atom stereocenters.